The third-order valence-corrected chi connectivity index (χ3v) is 3.90. The van der Waals surface area contributed by atoms with Crippen LogP contribution in [-0.2, 0) is 14.9 Å². The van der Waals surface area contributed by atoms with Crippen LogP contribution in [0.15, 0.2) is 23.2 Å². The molecule has 0 unspecified atom stereocenters. The maximum Gasteiger partial charge on any atom is 0.234 e. The van der Waals surface area contributed by atoms with E-state index in [1.807, 2.05) is 13.0 Å². The van der Waals surface area contributed by atoms with Crippen LogP contribution in [0.2, 0.25) is 0 Å². The van der Waals surface area contributed by atoms with Crippen LogP contribution in [0.4, 0.5) is 0 Å². The average molecular weight is 261 g/mol. The second kappa shape index (κ2) is 6.00. The number of benzene rings is 1. The minimum atomic E-state index is -0.104. The number of methoxy groups -OCH3 is 1. The van der Waals surface area contributed by atoms with Crippen LogP contribution in [0.25, 0.3) is 0 Å². The molecule has 4 heteroatoms. The van der Waals surface area contributed by atoms with Gasteiger partial charge < -0.3 is 9.47 Å². The van der Waals surface area contributed by atoms with Crippen LogP contribution in [0.1, 0.15) is 24.0 Å². The van der Waals surface area contributed by atoms with Gasteiger partial charge in [-0.2, -0.15) is 0 Å². The summed E-state index contributed by atoms with van der Waals surface area (Å²) in [6.07, 6.45) is 3.41. The zero-order chi connectivity index (χ0) is 13.7. The van der Waals surface area contributed by atoms with E-state index in [-0.39, 0.29) is 5.41 Å². The number of ether oxygens (including phenoxy) is 2. The van der Waals surface area contributed by atoms with Gasteiger partial charge >= 0.3 is 0 Å². The Morgan fingerprint density at radius 3 is 2.74 bits per heavy atom. The summed E-state index contributed by atoms with van der Waals surface area (Å²) < 4.78 is 10.7. The van der Waals surface area contributed by atoms with Crippen molar-refractivity contribution in [3.63, 3.8) is 0 Å². The molecule has 0 aromatic heterocycles. The molecule has 2 rings (SSSR count). The lowest BCUT2D eigenvalue weighted by atomic mass is 9.74. The molecule has 4 nitrogen and oxygen atoms in total. The Morgan fingerprint density at radius 1 is 1.42 bits per heavy atom. The van der Waals surface area contributed by atoms with Gasteiger partial charge in [0.2, 0.25) is 6.08 Å². The third-order valence-electron chi connectivity index (χ3n) is 3.90. The van der Waals surface area contributed by atoms with Crippen molar-refractivity contribution in [2.45, 2.75) is 25.2 Å². The average Bonchev–Trinajstić information content (AvgIpc) is 2.46. The molecule has 0 aliphatic carbocycles. The first-order valence-corrected chi connectivity index (χ1v) is 6.48. The maximum absolute atomic E-state index is 10.4. The largest absolute Gasteiger partial charge is 0.496 e. The summed E-state index contributed by atoms with van der Waals surface area (Å²) in [7, 11) is 1.67. The zero-order valence-electron chi connectivity index (χ0n) is 11.4. The highest BCUT2D eigenvalue weighted by molar-refractivity contribution is 5.41. The molecule has 0 amide bonds. The first kappa shape index (κ1) is 13.8. The number of rotatable bonds is 4. The van der Waals surface area contributed by atoms with Crippen molar-refractivity contribution < 1.29 is 14.3 Å². The smallest absolute Gasteiger partial charge is 0.234 e. The summed E-state index contributed by atoms with van der Waals surface area (Å²) in [6.45, 7) is 3.92. The Bertz CT molecular complexity index is 486. The van der Waals surface area contributed by atoms with E-state index in [0.29, 0.717) is 19.8 Å². The van der Waals surface area contributed by atoms with Crippen LogP contribution in [0.5, 0.6) is 5.75 Å². The van der Waals surface area contributed by atoms with Crippen LogP contribution < -0.4 is 4.74 Å². The van der Waals surface area contributed by atoms with Crippen molar-refractivity contribution in [3.8, 4) is 5.75 Å². The van der Waals surface area contributed by atoms with Gasteiger partial charge in [0.25, 0.3) is 0 Å². The van der Waals surface area contributed by atoms with E-state index in [4.69, 9.17) is 9.47 Å². The van der Waals surface area contributed by atoms with Gasteiger partial charge in [0.15, 0.2) is 0 Å². The molecule has 1 fully saturated rings. The Labute approximate surface area is 113 Å². The molecule has 1 aliphatic rings. The molecular formula is C15H19NO3. The van der Waals surface area contributed by atoms with Crippen molar-refractivity contribution >= 4 is 6.08 Å². The van der Waals surface area contributed by atoms with Crippen molar-refractivity contribution in [2.24, 2.45) is 4.99 Å². The quantitative estimate of drug-likeness (QED) is 0.617. The summed E-state index contributed by atoms with van der Waals surface area (Å²) in [5, 5.41) is 0. The Balaban J connectivity index is 2.37. The Hall–Kier alpha value is -1.64. The van der Waals surface area contributed by atoms with Gasteiger partial charge in [0, 0.05) is 18.6 Å². The lowest BCUT2D eigenvalue weighted by Gasteiger charge is -2.36. The highest BCUT2D eigenvalue weighted by atomic mass is 16.5. The molecule has 102 valence electrons. The highest BCUT2D eigenvalue weighted by Gasteiger charge is 2.34. The first-order valence-electron chi connectivity index (χ1n) is 6.48. The van der Waals surface area contributed by atoms with Gasteiger partial charge in [-0.25, -0.2) is 9.79 Å². The van der Waals surface area contributed by atoms with Crippen molar-refractivity contribution in [2.75, 3.05) is 26.9 Å². The molecule has 0 atom stereocenters. The van der Waals surface area contributed by atoms with Gasteiger partial charge in [-0.1, -0.05) is 12.1 Å². The van der Waals surface area contributed by atoms with Crippen LogP contribution in [-0.4, -0.2) is 32.9 Å². The second-order valence-electron chi connectivity index (χ2n) is 4.98. The summed E-state index contributed by atoms with van der Waals surface area (Å²) >= 11 is 0. The van der Waals surface area contributed by atoms with E-state index < -0.39 is 0 Å². The molecule has 19 heavy (non-hydrogen) atoms. The molecule has 0 N–H and O–H groups in total. The van der Waals surface area contributed by atoms with E-state index in [0.717, 1.165) is 24.2 Å². The number of carbonyl (C=O) groups excluding carboxylic acids is 1. The van der Waals surface area contributed by atoms with Crippen LogP contribution >= 0.6 is 0 Å². The van der Waals surface area contributed by atoms with Gasteiger partial charge in [-0.15, -0.1) is 0 Å². The van der Waals surface area contributed by atoms with Gasteiger partial charge in [-0.3, -0.25) is 0 Å². The molecule has 0 radical (unpaired) electrons. The van der Waals surface area contributed by atoms with Gasteiger partial charge in [0.05, 0.1) is 13.7 Å². The number of aliphatic imine (C=N–C) groups is 1. The van der Waals surface area contributed by atoms with Crippen LogP contribution in [0.3, 0.4) is 0 Å². The molecule has 1 aromatic carbocycles. The minimum Gasteiger partial charge on any atom is -0.496 e. The van der Waals surface area contributed by atoms with Crippen molar-refractivity contribution in [3.05, 3.63) is 29.3 Å². The van der Waals surface area contributed by atoms with E-state index in [9.17, 15) is 4.79 Å². The third kappa shape index (κ3) is 2.86. The van der Waals surface area contributed by atoms with Gasteiger partial charge in [-0.05, 0) is 37.0 Å². The fourth-order valence-corrected chi connectivity index (χ4v) is 2.69. The molecule has 0 saturated carbocycles. The van der Waals surface area contributed by atoms with E-state index in [1.165, 1.54) is 5.56 Å². The number of aryl methyl sites for hydroxylation is 1. The van der Waals surface area contributed by atoms with E-state index >= 15 is 0 Å². The lowest BCUT2D eigenvalue weighted by molar-refractivity contribution is 0.0531. The fraction of sp³-hybridized carbons (Fsp3) is 0.533. The summed E-state index contributed by atoms with van der Waals surface area (Å²) in [6, 6.07) is 6.18. The molecule has 0 bridgehead atoms. The lowest BCUT2D eigenvalue weighted by Crippen LogP contribution is -2.36. The summed E-state index contributed by atoms with van der Waals surface area (Å²) in [5.74, 6) is 0.879. The Kier molecular flexibility index (Phi) is 4.35. The fourth-order valence-electron chi connectivity index (χ4n) is 2.69. The number of nitrogens with zero attached hydrogens (tertiary/aromatic N) is 1. The normalized spacial score (nSPS) is 17.6. The molecule has 1 saturated heterocycles. The molecular weight excluding hydrogens is 242 g/mol. The molecule has 0 spiro atoms. The highest BCUT2D eigenvalue weighted by Crippen LogP contribution is 2.37. The zero-order valence-corrected chi connectivity index (χ0v) is 11.4. The number of hydrogen-bond acceptors (Lipinski definition) is 4. The molecule has 1 heterocycles. The van der Waals surface area contributed by atoms with Crippen molar-refractivity contribution in [1.82, 2.24) is 0 Å². The SMILES string of the molecule is COc1ccc(C2(CN=C=O)CCOCC2)cc1C. The predicted molar refractivity (Wildman–Crippen MR) is 72.5 cm³/mol. The second-order valence-corrected chi connectivity index (χ2v) is 4.98. The minimum absolute atomic E-state index is 0.104. The van der Waals surface area contributed by atoms with E-state index in [1.54, 1.807) is 13.2 Å². The summed E-state index contributed by atoms with van der Waals surface area (Å²) in [5.41, 5.74) is 2.20. The standard InChI is InChI=1S/C15H19NO3/c1-12-9-13(3-4-14(12)18-2)15(10-16-11-17)5-7-19-8-6-15/h3-4,9H,5-8,10H2,1-2H3. The van der Waals surface area contributed by atoms with E-state index in [2.05, 4.69) is 17.1 Å². The first-order chi connectivity index (χ1) is 9.22. The molecule has 1 aliphatic heterocycles. The summed E-state index contributed by atoms with van der Waals surface area (Å²) in [4.78, 5) is 14.3. The number of hydrogen-bond donors (Lipinski definition) is 0. The topological polar surface area (TPSA) is 47.9 Å². The predicted octanol–water partition coefficient (Wildman–Crippen LogP) is 2.39. The number of isocyanates is 1. The van der Waals surface area contributed by atoms with Crippen LogP contribution in [0, 0.1) is 6.92 Å². The monoisotopic (exact) mass is 261 g/mol. The maximum atomic E-state index is 10.4. The van der Waals surface area contributed by atoms with Gasteiger partial charge in [0.1, 0.15) is 5.75 Å². The molecule has 1 aromatic rings. The Morgan fingerprint density at radius 2 is 2.16 bits per heavy atom. The van der Waals surface area contributed by atoms with Crippen molar-refractivity contribution in [1.29, 1.82) is 0 Å².